The highest BCUT2D eigenvalue weighted by molar-refractivity contribution is 5.73. The van der Waals surface area contributed by atoms with E-state index in [2.05, 4.69) is 5.32 Å². The van der Waals surface area contributed by atoms with Crippen molar-refractivity contribution in [2.75, 3.05) is 20.3 Å². The van der Waals surface area contributed by atoms with Gasteiger partial charge < -0.3 is 29.0 Å². The van der Waals surface area contributed by atoms with Crippen LogP contribution in [-0.2, 0) is 19.0 Å². The lowest BCUT2D eigenvalue weighted by Gasteiger charge is -2.37. The zero-order valence-electron chi connectivity index (χ0n) is 15.0. The molecule has 0 aliphatic carbocycles. The van der Waals surface area contributed by atoms with Crippen LogP contribution >= 0.6 is 0 Å². The number of carbonyl (C=O) groups is 1. The Balaban J connectivity index is 1.64. The number of hydrogen-bond donors (Lipinski definition) is 1. The number of methoxy groups -OCH3 is 1. The Kier molecular flexibility index (Phi) is 5.17. The second-order valence-corrected chi connectivity index (χ2v) is 6.73. The van der Waals surface area contributed by atoms with Crippen molar-refractivity contribution in [2.24, 2.45) is 0 Å². The van der Waals surface area contributed by atoms with Crippen molar-refractivity contribution in [3.63, 3.8) is 0 Å². The molecule has 0 saturated carbocycles. The average Bonchev–Trinajstić information content (AvgIpc) is 2.90. The van der Waals surface area contributed by atoms with Gasteiger partial charge in [0.15, 0.2) is 5.79 Å². The summed E-state index contributed by atoms with van der Waals surface area (Å²) in [6.07, 6.45) is -0.852. The molecular formula is C18H25NO6. The molecule has 7 heteroatoms. The number of fused-ring (bicyclic) bond motifs is 1. The van der Waals surface area contributed by atoms with Crippen LogP contribution in [-0.4, -0.2) is 56.4 Å². The molecule has 25 heavy (non-hydrogen) atoms. The van der Waals surface area contributed by atoms with Gasteiger partial charge in [0.25, 0.3) is 0 Å². The fourth-order valence-electron chi connectivity index (χ4n) is 3.21. The van der Waals surface area contributed by atoms with Crippen LogP contribution in [0.15, 0.2) is 24.3 Å². The molecule has 7 nitrogen and oxygen atoms in total. The molecule has 0 radical (unpaired) electrons. The molecule has 1 aromatic carbocycles. The zero-order valence-corrected chi connectivity index (χ0v) is 15.0. The minimum absolute atomic E-state index is 0.117. The van der Waals surface area contributed by atoms with Gasteiger partial charge in [-0.1, -0.05) is 0 Å². The van der Waals surface area contributed by atoms with Gasteiger partial charge in [-0.05, 0) is 38.1 Å². The molecule has 0 unspecified atom stereocenters. The van der Waals surface area contributed by atoms with Crippen molar-refractivity contribution in [3.05, 3.63) is 24.3 Å². The zero-order chi connectivity index (χ0) is 18.0. The summed E-state index contributed by atoms with van der Waals surface area (Å²) in [6.45, 7) is 5.89. The first-order valence-electron chi connectivity index (χ1n) is 8.39. The number of ether oxygens (including phenoxy) is 5. The van der Waals surface area contributed by atoms with Gasteiger partial charge in [-0.2, -0.15) is 0 Å². The standard InChI is InChI=1S/C18H25NO6/c1-11(20)19-14-9-23-15(17-16(14)24-18(2,3)25-17)10-22-13-7-5-12(21-4)6-8-13/h5-8,14-17H,9-10H2,1-4H3,(H,19,20)/t14-,15+,16+,17-/m0/s1. The Bertz CT molecular complexity index is 602. The number of amides is 1. The summed E-state index contributed by atoms with van der Waals surface area (Å²) < 4.78 is 28.9. The van der Waals surface area contributed by atoms with Crippen molar-refractivity contribution in [1.82, 2.24) is 5.32 Å². The highest BCUT2D eigenvalue weighted by Crippen LogP contribution is 2.35. The number of rotatable bonds is 5. The molecule has 1 aromatic rings. The number of carbonyl (C=O) groups excluding carboxylic acids is 1. The van der Waals surface area contributed by atoms with Gasteiger partial charge in [-0.25, -0.2) is 0 Å². The summed E-state index contributed by atoms with van der Waals surface area (Å²) in [4.78, 5) is 11.4. The normalized spacial score (nSPS) is 30.4. The van der Waals surface area contributed by atoms with E-state index in [9.17, 15) is 4.79 Å². The Morgan fingerprint density at radius 2 is 1.84 bits per heavy atom. The van der Waals surface area contributed by atoms with Crippen molar-refractivity contribution in [2.45, 2.75) is 50.9 Å². The smallest absolute Gasteiger partial charge is 0.217 e. The first-order chi connectivity index (χ1) is 11.9. The molecule has 2 aliphatic rings. The van der Waals surface area contributed by atoms with E-state index in [1.54, 1.807) is 7.11 Å². The third-order valence-corrected chi connectivity index (χ3v) is 4.28. The van der Waals surface area contributed by atoms with Crippen LogP contribution in [0.5, 0.6) is 11.5 Å². The second-order valence-electron chi connectivity index (χ2n) is 6.73. The Morgan fingerprint density at radius 1 is 1.20 bits per heavy atom. The molecule has 138 valence electrons. The lowest BCUT2D eigenvalue weighted by atomic mass is 9.98. The maximum absolute atomic E-state index is 11.4. The fourth-order valence-corrected chi connectivity index (χ4v) is 3.21. The fraction of sp³-hybridized carbons (Fsp3) is 0.611. The molecule has 0 bridgehead atoms. The van der Waals surface area contributed by atoms with Crippen molar-refractivity contribution in [3.8, 4) is 11.5 Å². The first kappa shape index (κ1) is 18.0. The third-order valence-electron chi connectivity index (χ3n) is 4.28. The van der Waals surface area contributed by atoms with E-state index in [1.807, 2.05) is 38.1 Å². The lowest BCUT2D eigenvalue weighted by Crippen LogP contribution is -2.58. The summed E-state index contributed by atoms with van der Waals surface area (Å²) >= 11 is 0. The maximum atomic E-state index is 11.4. The largest absolute Gasteiger partial charge is 0.497 e. The minimum Gasteiger partial charge on any atom is -0.497 e. The molecule has 2 saturated heterocycles. The molecule has 1 amide bonds. The highest BCUT2D eigenvalue weighted by Gasteiger charge is 2.52. The van der Waals surface area contributed by atoms with Gasteiger partial charge >= 0.3 is 0 Å². The van der Waals surface area contributed by atoms with Gasteiger partial charge in [-0.15, -0.1) is 0 Å². The number of nitrogens with one attached hydrogen (secondary N) is 1. The predicted molar refractivity (Wildman–Crippen MR) is 89.7 cm³/mol. The second kappa shape index (κ2) is 7.19. The highest BCUT2D eigenvalue weighted by atomic mass is 16.8. The topological polar surface area (TPSA) is 75.2 Å². The van der Waals surface area contributed by atoms with E-state index in [1.165, 1.54) is 6.92 Å². The van der Waals surface area contributed by atoms with E-state index in [4.69, 9.17) is 23.7 Å². The molecule has 3 rings (SSSR count). The SMILES string of the molecule is COc1ccc(OC[C@H]2OC[C@H](NC(C)=O)[C@H]3OC(C)(C)O[C@H]32)cc1. The molecule has 4 atom stereocenters. The van der Waals surface area contributed by atoms with Gasteiger partial charge in [0.05, 0.1) is 19.8 Å². The summed E-state index contributed by atoms with van der Waals surface area (Å²) in [5, 5.41) is 2.87. The summed E-state index contributed by atoms with van der Waals surface area (Å²) in [5.41, 5.74) is 0. The molecule has 2 aliphatic heterocycles. The van der Waals surface area contributed by atoms with E-state index in [0.29, 0.717) is 13.2 Å². The summed E-state index contributed by atoms with van der Waals surface area (Å²) in [6, 6.07) is 7.13. The van der Waals surface area contributed by atoms with E-state index in [0.717, 1.165) is 11.5 Å². The Labute approximate surface area is 147 Å². The van der Waals surface area contributed by atoms with Gasteiger partial charge in [0, 0.05) is 6.92 Å². The first-order valence-corrected chi connectivity index (χ1v) is 8.39. The molecule has 2 heterocycles. The molecule has 0 spiro atoms. The van der Waals surface area contributed by atoms with E-state index >= 15 is 0 Å². The van der Waals surface area contributed by atoms with Crippen LogP contribution in [0.1, 0.15) is 20.8 Å². The van der Waals surface area contributed by atoms with Crippen molar-refractivity contribution in [1.29, 1.82) is 0 Å². The van der Waals surface area contributed by atoms with Gasteiger partial charge in [0.1, 0.15) is 36.4 Å². The van der Waals surface area contributed by atoms with Crippen LogP contribution in [0.25, 0.3) is 0 Å². The lowest BCUT2D eigenvalue weighted by molar-refractivity contribution is -0.156. The summed E-state index contributed by atoms with van der Waals surface area (Å²) in [7, 11) is 1.62. The Hall–Kier alpha value is -1.83. The molecule has 1 N–H and O–H groups in total. The summed E-state index contributed by atoms with van der Waals surface area (Å²) in [5.74, 6) is 0.656. The molecule has 0 aromatic heterocycles. The van der Waals surface area contributed by atoms with Crippen LogP contribution < -0.4 is 14.8 Å². The molecular weight excluding hydrogens is 326 g/mol. The van der Waals surface area contributed by atoms with Crippen molar-refractivity contribution >= 4 is 5.91 Å². The number of hydrogen-bond acceptors (Lipinski definition) is 6. The number of benzene rings is 1. The quantitative estimate of drug-likeness (QED) is 0.866. The maximum Gasteiger partial charge on any atom is 0.217 e. The van der Waals surface area contributed by atoms with Crippen LogP contribution in [0, 0.1) is 0 Å². The predicted octanol–water partition coefficient (Wildman–Crippen LogP) is 1.50. The van der Waals surface area contributed by atoms with E-state index < -0.39 is 5.79 Å². The monoisotopic (exact) mass is 351 g/mol. The van der Waals surface area contributed by atoms with Crippen LogP contribution in [0.3, 0.4) is 0 Å². The van der Waals surface area contributed by atoms with E-state index in [-0.39, 0.29) is 30.3 Å². The van der Waals surface area contributed by atoms with Crippen LogP contribution in [0.2, 0.25) is 0 Å². The third kappa shape index (κ3) is 4.23. The Morgan fingerprint density at radius 3 is 2.48 bits per heavy atom. The van der Waals surface area contributed by atoms with Gasteiger partial charge in [0.2, 0.25) is 5.91 Å². The average molecular weight is 351 g/mol. The van der Waals surface area contributed by atoms with Crippen molar-refractivity contribution < 1.29 is 28.5 Å². The minimum atomic E-state index is -0.724. The van der Waals surface area contributed by atoms with Gasteiger partial charge in [-0.3, -0.25) is 4.79 Å². The molecule has 2 fully saturated rings. The van der Waals surface area contributed by atoms with Crippen LogP contribution in [0.4, 0.5) is 0 Å².